The Morgan fingerprint density at radius 2 is 1.94 bits per heavy atom. The van der Waals surface area contributed by atoms with Crippen molar-refractivity contribution in [2.45, 2.75) is 58.1 Å². The molecule has 3 atom stereocenters. The average Bonchev–Trinajstić information content (AvgIpc) is 3.29. The van der Waals surface area contributed by atoms with Gasteiger partial charge in [-0.1, -0.05) is 17.7 Å². The average molecular weight is 539 g/mol. The number of amides is 2. The Kier molecular flexibility index (Phi) is 15.0. The maximum absolute atomic E-state index is 13.6. The van der Waals surface area contributed by atoms with Crippen molar-refractivity contribution in [2.24, 2.45) is 0 Å². The molecule has 1 heterocycles. The minimum absolute atomic E-state index is 0.0928. The SMILES string of the molecule is CCCN(CSS)C(CC(SC)c1ccsc1)C(=O)N(CC)C(=O)OC(C)OC(=O)OCC. The highest BCUT2D eigenvalue weighted by molar-refractivity contribution is 8.68. The van der Waals surface area contributed by atoms with E-state index in [9.17, 15) is 14.4 Å². The molecule has 0 radical (unpaired) electrons. The molecule has 1 aromatic heterocycles. The number of carbonyl (C=O) groups excluding carboxylic acids is 3. The molecule has 0 aromatic carbocycles. The molecule has 0 N–H and O–H groups in total. The number of hydrogen-bond donors (Lipinski definition) is 1. The van der Waals surface area contributed by atoms with Crippen LogP contribution in [-0.2, 0) is 19.0 Å². The van der Waals surface area contributed by atoms with Crippen LogP contribution in [0.25, 0.3) is 0 Å². The highest BCUT2D eigenvalue weighted by atomic mass is 33.1. The molecule has 0 aliphatic rings. The first kappa shape index (κ1) is 30.0. The van der Waals surface area contributed by atoms with Gasteiger partial charge >= 0.3 is 12.2 Å². The number of hydrogen-bond acceptors (Lipinski definition) is 11. The Hall–Kier alpha value is -1.08. The lowest BCUT2D eigenvalue weighted by molar-refractivity contribution is -0.137. The molecule has 12 heteroatoms. The van der Waals surface area contributed by atoms with Crippen LogP contribution in [0.1, 0.15) is 51.3 Å². The van der Waals surface area contributed by atoms with Gasteiger partial charge in [-0.05, 0) is 61.9 Å². The molecule has 0 saturated heterocycles. The second-order valence-corrected chi connectivity index (χ2v) is 10.0. The zero-order valence-electron chi connectivity index (χ0n) is 19.7. The normalized spacial score (nSPS) is 13.8. The van der Waals surface area contributed by atoms with Crippen molar-refractivity contribution in [3.63, 3.8) is 0 Å². The van der Waals surface area contributed by atoms with Gasteiger partial charge < -0.3 is 14.2 Å². The Bertz CT molecular complexity index is 716. The second-order valence-electron chi connectivity index (χ2n) is 6.94. The van der Waals surface area contributed by atoms with E-state index in [1.165, 1.54) is 17.7 Å². The van der Waals surface area contributed by atoms with E-state index < -0.39 is 24.6 Å². The molecule has 2 amide bonds. The summed E-state index contributed by atoms with van der Waals surface area (Å²) in [5.41, 5.74) is 1.15. The molecule has 1 rings (SSSR count). The molecule has 0 bridgehead atoms. The third kappa shape index (κ3) is 9.97. The van der Waals surface area contributed by atoms with E-state index in [1.54, 1.807) is 36.9 Å². The van der Waals surface area contributed by atoms with Gasteiger partial charge in [0.1, 0.15) is 0 Å². The predicted octanol–water partition coefficient (Wildman–Crippen LogP) is 5.66. The summed E-state index contributed by atoms with van der Waals surface area (Å²) in [5.74, 6) is 0.184. The van der Waals surface area contributed by atoms with Crippen LogP contribution >= 0.6 is 45.6 Å². The minimum atomic E-state index is -1.19. The Labute approximate surface area is 213 Å². The van der Waals surface area contributed by atoms with E-state index in [1.807, 2.05) is 23.5 Å². The fourth-order valence-corrected chi connectivity index (χ4v) is 5.68. The van der Waals surface area contributed by atoms with Gasteiger partial charge in [-0.25, -0.2) is 14.5 Å². The van der Waals surface area contributed by atoms with Crippen LogP contribution in [0.15, 0.2) is 16.8 Å². The number of likely N-dealkylation sites (N-methyl/N-ethyl adjacent to an activating group) is 1. The van der Waals surface area contributed by atoms with E-state index >= 15 is 0 Å². The first-order valence-corrected chi connectivity index (χ1v) is 15.0. The molecule has 8 nitrogen and oxygen atoms in total. The zero-order valence-corrected chi connectivity index (χ0v) is 23.1. The third-order valence-corrected chi connectivity index (χ3v) is 7.22. The van der Waals surface area contributed by atoms with E-state index in [0.717, 1.165) is 16.9 Å². The van der Waals surface area contributed by atoms with Crippen LogP contribution in [0.2, 0.25) is 0 Å². The molecule has 0 aliphatic heterocycles. The van der Waals surface area contributed by atoms with E-state index in [4.69, 9.17) is 14.2 Å². The number of thioether (sulfide) groups is 1. The molecule has 0 saturated carbocycles. The number of rotatable bonds is 14. The number of carbonyl (C=O) groups is 3. The van der Waals surface area contributed by atoms with Gasteiger partial charge in [0.2, 0.25) is 12.2 Å². The summed E-state index contributed by atoms with van der Waals surface area (Å²) in [7, 11) is 1.33. The van der Waals surface area contributed by atoms with E-state index in [2.05, 4.69) is 23.1 Å². The van der Waals surface area contributed by atoms with Crippen LogP contribution < -0.4 is 0 Å². The number of nitrogens with zero attached hydrogens (tertiary/aromatic N) is 2. The lowest BCUT2D eigenvalue weighted by Crippen LogP contribution is -2.51. The van der Waals surface area contributed by atoms with Crippen molar-refractivity contribution >= 4 is 63.7 Å². The van der Waals surface area contributed by atoms with Crippen molar-refractivity contribution in [1.82, 2.24) is 9.80 Å². The maximum Gasteiger partial charge on any atom is 0.511 e. The number of ether oxygens (including phenoxy) is 3. The van der Waals surface area contributed by atoms with Gasteiger partial charge in [0, 0.05) is 18.7 Å². The van der Waals surface area contributed by atoms with E-state index in [0.29, 0.717) is 18.8 Å². The minimum Gasteiger partial charge on any atom is -0.435 e. The van der Waals surface area contributed by atoms with Gasteiger partial charge in [-0.2, -0.15) is 23.1 Å². The Balaban J connectivity index is 3.08. The van der Waals surface area contributed by atoms with Crippen LogP contribution in [-0.4, -0.2) is 72.1 Å². The first-order chi connectivity index (χ1) is 15.8. The highest BCUT2D eigenvalue weighted by Crippen LogP contribution is 2.35. The smallest absolute Gasteiger partial charge is 0.435 e. The van der Waals surface area contributed by atoms with E-state index in [-0.39, 0.29) is 24.3 Å². The first-order valence-electron chi connectivity index (χ1n) is 10.7. The second kappa shape index (κ2) is 16.5. The van der Waals surface area contributed by atoms with Crippen molar-refractivity contribution in [2.75, 3.05) is 31.8 Å². The molecular formula is C21H34N2O6S4. The summed E-state index contributed by atoms with van der Waals surface area (Å²) in [6, 6.07) is 1.52. The summed E-state index contributed by atoms with van der Waals surface area (Å²) >= 11 is 7.58. The summed E-state index contributed by atoms with van der Waals surface area (Å²) < 4.78 is 14.8. The maximum atomic E-state index is 13.6. The highest BCUT2D eigenvalue weighted by Gasteiger charge is 2.35. The van der Waals surface area contributed by atoms with Crippen LogP contribution in [0.5, 0.6) is 0 Å². The number of thiol groups is 1. The fraction of sp³-hybridized carbons (Fsp3) is 0.667. The number of imide groups is 1. The quantitative estimate of drug-likeness (QED) is 0.139. The van der Waals surface area contributed by atoms with Crippen LogP contribution in [0, 0.1) is 0 Å². The topological polar surface area (TPSA) is 85.4 Å². The summed E-state index contributed by atoms with van der Waals surface area (Å²) in [6.07, 6.45) is 0.396. The Morgan fingerprint density at radius 3 is 2.45 bits per heavy atom. The van der Waals surface area contributed by atoms with Gasteiger partial charge in [-0.15, -0.1) is 11.7 Å². The summed E-state index contributed by atoms with van der Waals surface area (Å²) in [4.78, 5) is 41.0. The largest absolute Gasteiger partial charge is 0.511 e. The van der Waals surface area contributed by atoms with Crippen molar-refractivity contribution < 1.29 is 28.6 Å². The summed E-state index contributed by atoms with van der Waals surface area (Å²) in [6.45, 7) is 7.72. The predicted molar refractivity (Wildman–Crippen MR) is 139 cm³/mol. The van der Waals surface area contributed by atoms with Crippen molar-refractivity contribution in [1.29, 1.82) is 0 Å². The standard InChI is InChI=1S/C21H34N2O6S4/c1-6-10-22(14-33-30)17(12-18(31-5)16-9-11-32-13-16)19(24)23(7-2)20(25)28-15(4)29-21(26)27-8-3/h9,11,13,15,17-18,30H,6-8,10,12,14H2,1-5H3. The molecule has 33 heavy (non-hydrogen) atoms. The third-order valence-electron chi connectivity index (χ3n) is 4.69. The lowest BCUT2D eigenvalue weighted by atomic mass is 10.0. The van der Waals surface area contributed by atoms with Crippen molar-refractivity contribution in [3.8, 4) is 0 Å². The van der Waals surface area contributed by atoms with Gasteiger partial charge in [0.15, 0.2) is 0 Å². The number of thiophene rings is 1. The molecule has 0 aliphatic carbocycles. The lowest BCUT2D eigenvalue weighted by Gasteiger charge is -2.34. The molecule has 1 aromatic rings. The molecule has 0 fully saturated rings. The van der Waals surface area contributed by atoms with Gasteiger partial charge in [0.25, 0.3) is 0 Å². The van der Waals surface area contributed by atoms with Crippen molar-refractivity contribution in [3.05, 3.63) is 22.4 Å². The Morgan fingerprint density at radius 1 is 1.21 bits per heavy atom. The monoisotopic (exact) mass is 538 g/mol. The van der Waals surface area contributed by atoms with Crippen LogP contribution in [0.3, 0.4) is 0 Å². The molecule has 188 valence electrons. The van der Waals surface area contributed by atoms with Crippen LogP contribution in [0.4, 0.5) is 9.59 Å². The molecular weight excluding hydrogens is 505 g/mol. The zero-order chi connectivity index (χ0) is 24.8. The van der Waals surface area contributed by atoms with Gasteiger partial charge in [-0.3, -0.25) is 9.69 Å². The molecule has 3 unspecified atom stereocenters. The summed E-state index contributed by atoms with van der Waals surface area (Å²) in [5, 5.41) is 4.19. The van der Waals surface area contributed by atoms with Gasteiger partial charge in [0.05, 0.1) is 18.5 Å². The fourth-order valence-electron chi connectivity index (χ4n) is 3.18. The molecule has 0 spiro atoms.